The predicted molar refractivity (Wildman–Crippen MR) is 57.2 cm³/mol. The molecule has 2 aromatic heterocycles. The van der Waals surface area contributed by atoms with Gasteiger partial charge in [-0.05, 0) is 18.2 Å². The van der Waals surface area contributed by atoms with E-state index in [-0.39, 0.29) is 5.95 Å². The van der Waals surface area contributed by atoms with Crippen molar-refractivity contribution in [3.05, 3.63) is 42.5 Å². The van der Waals surface area contributed by atoms with Crippen LogP contribution in [0, 0.1) is 0 Å². The fourth-order valence-electron chi connectivity index (χ4n) is 1.30. The van der Waals surface area contributed by atoms with Crippen molar-refractivity contribution in [3.8, 4) is 0 Å². The van der Waals surface area contributed by atoms with E-state index in [1.165, 1.54) is 6.20 Å². The van der Waals surface area contributed by atoms with Gasteiger partial charge in [0, 0.05) is 18.6 Å². The summed E-state index contributed by atoms with van der Waals surface area (Å²) in [7, 11) is 0. The number of anilines is 1. The molecule has 6 heteroatoms. The fraction of sp³-hybridized carbons (Fsp3) is 0.100. The largest absolute Gasteiger partial charge is 0.465 e. The van der Waals surface area contributed by atoms with Gasteiger partial charge in [-0.25, -0.2) is 14.8 Å². The Balaban J connectivity index is 2.13. The number of nitrogens with zero attached hydrogens (tertiary/aromatic N) is 3. The Hall–Kier alpha value is -2.37. The van der Waals surface area contributed by atoms with Gasteiger partial charge in [0.2, 0.25) is 5.95 Å². The van der Waals surface area contributed by atoms with Crippen LogP contribution in [0.15, 0.2) is 36.8 Å². The molecule has 2 rings (SSSR count). The lowest BCUT2D eigenvalue weighted by Crippen LogP contribution is -2.11. The lowest BCUT2D eigenvalue weighted by molar-refractivity contribution is 0.209. The summed E-state index contributed by atoms with van der Waals surface area (Å²) in [6, 6.07) is 5.57. The molecule has 16 heavy (non-hydrogen) atoms. The molecule has 0 bridgehead atoms. The second kappa shape index (κ2) is 4.43. The normalized spacial score (nSPS) is 10.0. The van der Waals surface area contributed by atoms with Gasteiger partial charge in [-0.3, -0.25) is 5.32 Å². The zero-order chi connectivity index (χ0) is 11.4. The smallest absolute Gasteiger partial charge is 0.411 e. The quantitative estimate of drug-likeness (QED) is 0.816. The van der Waals surface area contributed by atoms with Gasteiger partial charge in [-0.15, -0.1) is 0 Å². The summed E-state index contributed by atoms with van der Waals surface area (Å²) < 4.78 is 1.94. The maximum absolute atomic E-state index is 10.4. The third kappa shape index (κ3) is 2.57. The molecule has 2 N–H and O–H groups in total. The highest BCUT2D eigenvalue weighted by Gasteiger charge is 2.02. The number of carbonyl (C=O) groups is 1. The number of amides is 1. The van der Waals surface area contributed by atoms with Gasteiger partial charge < -0.3 is 9.67 Å². The zero-order valence-electron chi connectivity index (χ0n) is 8.37. The minimum absolute atomic E-state index is 0.0946. The monoisotopic (exact) mass is 218 g/mol. The number of hydrogen-bond acceptors (Lipinski definition) is 3. The maximum atomic E-state index is 10.4. The van der Waals surface area contributed by atoms with E-state index >= 15 is 0 Å². The van der Waals surface area contributed by atoms with Crippen molar-refractivity contribution in [2.24, 2.45) is 0 Å². The molecule has 0 aromatic carbocycles. The third-order valence-corrected chi connectivity index (χ3v) is 1.94. The molecule has 0 aliphatic heterocycles. The van der Waals surface area contributed by atoms with Crippen LogP contribution in [0.1, 0.15) is 5.69 Å². The molecule has 0 aliphatic rings. The van der Waals surface area contributed by atoms with Gasteiger partial charge in [0.25, 0.3) is 0 Å². The van der Waals surface area contributed by atoms with E-state index in [0.717, 1.165) is 5.69 Å². The second-order valence-corrected chi connectivity index (χ2v) is 3.16. The molecule has 2 heterocycles. The first-order chi connectivity index (χ1) is 7.74. The van der Waals surface area contributed by atoms with E-state index in [0.29, 0.717) is 6.54 Å². The molecule has 82 valence electrons. The Morgan fingerprint density at radius 1 is 1.44 bits per heavy atom. The standard InChI is InChI=1S/C10H10N4O2/c15-10(16)13-9-11-4-3-8(12-9)7-14-5-1-2-6-14/h1-6H,7H2,(H,15,16)(H,11,12,13). The van der Waals surface area contributed by atoms with Crippen LogP contribution >= 0.6 is 0 Å². The second-order valence-electron chi connectivity index (χ2n) is 3.16. The predicted octanol–water partition coefficient (Wildman–Crippen LogP) is 1.42. The molecule has 0 saturated carbocycles. The van der Waals surface area contributed by atoms with Crippen molar-refractivity contribution in [1.82, 2.24) is 14.5 Å². The molecule has 0 unspecified atom stereocenters. The van der Waals surface area contributed by atoms with E-state index in [9.17, 15) is 4.79 Å². The average Bonchev–Trinajstić information content (AvgIpc) is 2.70. The summed E-state index contributed by atoms with van der Waals surface area (Å²) >= 11 is 0. The summed E-state index contributed by atoms with van der Waals surface area (Å²) in [5.74, 6) is 0.0946. The van der Waals surface area contributed by atoms with E-state index in [1.54, 1.807) is 6.07 Å². The Kier molecular flexibility index (Phi) is 2.81. The molecule has 2 aromatic rings. The van der Waals surface area contributed by atoms with Crippen LogP contribution in [0.3, 0.4) is 0 Å². The Labute approximate surface area is 91.6 Å². The molecule has 0 saturated heterocycles. The number of rotatable bonds is 3. The van der Waals surface area contributed by atoms with Gasteiger partial charge in [0.05, 0.1) is 12.2 Å². The minimum Gasteiger partial charge on any atom is -0.465 e. The van der Waals surface area contributed by atoms with Crippen LogP contribution in [0.4, 0.5) is 10.7 Å². The van der Waals surface area contributed by atoms with Gasteiger partial charge in [-0.2, -0.15) is 0 Å². The Morgan fingerprint density at radius 3 is 2.88 bits per heavy atom. The molecule has 0 atom stereocenters. The van der Waals surface area contributed by atoms with Gasteiger partial charge in [-0.1, -0.05) is 0 Å². The number of aromatic nitrogens is 3. The van der Waals surface area contributed by atoms with Crippen LogP contribution in [-0.4, -0.2) is 25.7 Å². The van der Waals surface area contributed by atoms with E-state index in [1.807, 2.05) is 29.1 Å². The summed E-state index contributed by atoms with van der Waals surface area (Å²) in [4.78, 5) is 18.3. The highest BCUT2D eigenvalue weighted by molar-refractivity contribution is 5.80. The zero-order valence-corrected chi connectivity index (χ0v) is 8.37. The van der Waals surface area contributed by atoms with E-state index in [4.69, 9.17) is 5.11 Å². The maximum Gasteiger partial charge on any atom is 0.411 e. The minimum atomic E-state index is -1.17. The average molecular weight is 218 g/mol. The molecule has 0 aliphatic carbocycles. The van der Waals surface area contributed by atoms with E-state index in [2.05, 4.69) is 15.3 Å². The highest BCUT2D eigenvalue weighted by atomic mass is 16.4. The molecular formula is C10H10N4O2. The molecule has 1 amide bonds. The molecule has 6 nitrogen and oxygen atoms in total. The highest BCUT2D eigenvalue weighted by Crippen LogP contribution is 2.03. The molecule has 0 spiro atoms. The van der Waals surface area contributed by atoms with Crippen molar-refractivity contribution >= 4 is 12.0 Å². The summed E-state index contributed by atoms with van der Waals surface area (Å²) in [6.45, 7) is 0.587. The summed E-state index contributed by atoms with van der Waals surface area (Å²) in [5.41, 5.74) is 0.745. The fourth-order valence-corrected chi connectivity index (χ4v) is 1.30. The van der Waals surface area contributed by atoms with Gasteiger partial charge in [0.15, 0.2) is 0 Å². The first-order valence-corrected chi connectivity index (χ1v) is 4.66. The van der Waals surface area contributed by atoms with Crippen molar-refractivity contribution in [1.29, 1.82) is 0 Å². The molecular weight excluding hydrogens is 208 g/mol. The topological polar surface area (TPSA) is 80.0 Å². The van der Waals surface area contributed by atoms with Crippen molar-refractivity contribution < 1.29 is 9.90 Å². The lowest BCUT2D eigenvalue weighted by Gasteiger charge is -2.04. The first kappa shape index (κ1) is 10.2. The third-order valence-electron chi connectivity index (χ3n) is 1.94. The van der Waals surface area contributed by atoms with Crippen LogP contribution in [0.2, 0.25) is 0 Å². The van der Waals surface area contributed by atoms with Crippen LogP contribution in [0.25, 0.3) is 0 Å². The molecule has 0 radical (unpaired) electrons. The lowest BCUT2D eigenvalue weighted by atomic mass is 10.4. The Morgan fingerprint density at radius 2 is 2.19 bits per heavy atom. The van der Waals surface area contributed by atoms with E-state index < -0.39 is 6.09 Å². The van der Waals surface area contributed by atoms with Crippen molar-refractivity contribution in [3.63, 3.8) is 0 Å². The summed E-state index contributed by atoms with van der Waals surface area (Å²) in [5, 5.41) is 10.6. The number of hydrogen-bond donors (Lipinski definition) is 2. The first-order valence-electron chi connectivity index (χ1n) is 4.66. The van der Waals surface area contributed by atoms with Gasteiger partial charge in [0.1, 0.15) is 0 Å². The number of carboxylic acid groups (broad SMARTS) is 1. The Bertz CT molecular complexity index is 481. The number of nitrogens with one attached hydrogen (secondary N) is 1. The SMILES string of the molecule is O=C(O)Nc1nccc(Cn2cccc2)n1. The van der Waals surface area contributed by atoms with Gasteiger partial charge >= 0.3 is 6.09 Å². The van der Waals surface area contributed by atoms with Crippen LogP contribution < -0.4 is 5.32 Å². The van der Waals surface area contributed by atoms with Crippen LogP contribution in [-0.2, 0) is 6.54 Å². The van der Waals surface area contributed by atoms with Crippen molar-refractivity contribution in [2.75, 3.05) is 5.32 Å². The van der Waals surface area contributed by atoms with Crippen molar-refractivity contribution in [2.45, 2.75) is 6.54 Å². The molecule has 0 fully saturated rings. The summed E-state index contributed by atoms with van der Waals surface area (Å²) in [6.07, 6.45) is 4.17. The van der Waals surface area contributed by atoms with Crippen LogP contribution in [0.5, 0.6) is 0 Å².